The van der Waals surface area contributed by atoms with Crippen LogP contribution in [0.5, 0.6) is 5.75 Å². The third-order valence-electron chi connectivity index (χ3n) is 3.40. The number of rotatable bonds is 3. The highest BCUT2D eigenvalue weighted by atomic mass is 19.4. The molecule has 0 bridgehead atoms. The molecule has 1 aromatic heterocycles. The Labute approximate surface area is 133 Å². The number of phenols is 1. The minimum atomic E-state index is -4.45. The summed E-state index contributed by atoms with van der Waals surface area (Å²) in [4.78, 5) is 12.5. The second-order valence-electron chi connectivity index (χ2n) is 4.94. The van der Waals surface area contributed by atoms with E-state index in [-0.39, 0.29) is 22.7 Å². The molecule has 0 aliphatic carbocycles. The molecule has 3 rings (SSSR count). The lowest BCUT2D eigenvalue weighted by Crippen LogP contribution is -2.05. The lowest BCUT2D eigenvalue weighted by atomic mass is 10.0. The lowest BCUT2D eigenvalue weighted by molar-refractivity contribution is -0.137. The quantitative estimate of drug-likeness (QED) is 0.720. The maximum Gasteiger partial charge on any atom is 0.416 e. The zero-order valence-electron chi connectivity index (χ0n) is 12.0. The molecule has 0 atom stereocenters. The Bertz CT molecular complexity index is 886. The van der Waals surface area contributed by atoms with E-state index in [2.05, 4.69) is 15.4 Å². The van der Waals surface area contributed by atoms with Gasteiger partial charge in [0.1, 0.15) is 11.4 Å². The van der Waals surface area contributed by atoms with Crippen molar-refractivity contribution in [3.05, 3.63) is 65.4 Å². The topological polar surface area (TPSA) is 78.9 Å². The van der Waals surface area contributed by atoms with Gasteiger partial charge >= 0.3 is 6.18 Å². The Hall–Kier alpha value is -3.16. The maximum absolute atomic E-state index is 12.6. The summed E-state index contributed by atoms with van der Waals surface area (Å²) in [7, 11) is 0. The predicted octanol–water partition coefficient (Wildman–Crippen LogP) is 3.43. The van der Waals surface area contributed by atoms with Gasteiger partial charge in [0.2, 0.25) is 5.78 Å². The first-order valence-corrected chi connectivity index (χ1v) is 6.79. The maximum atomic E-state index is 12.6. The van der Waals surface area contributed by atoms with Crippen molar-refractivity contribution in [2.24, 2.45) is 0 Å². The predicted molar refractivity (Wildman–Crippen MR) is 78.4 cm³/mol. The molecule has 0 spiro atoms. The van der Waals surface area contributed by atoms with Crippen molar-refractivity contribution in [3.8, 4) is 17.0 Å². The van der Waals surface area contributed by atoms with Gasteiger partial charge in [0.25, 0.3) is 0 Å². The second-order valence-corrected chi connectivity index (χ2v) is 4.94. The highest BCUT2D eigenvalue weighted by Gasteiger charge is 2.30. The van der Waals surface area contributed by atoms with Crippen LogP contribution in [0.2, 0.25) is 0 Å². The molecule has 0 unspecified atom stereocenters. The largest absolute Gasteiger partial charge is 0.507 e. The minimum absolute atomic E-state index is 0.0274. The fraction of sp³-hybridized carbons (Fsp3) is 0.0625. The molecule has 8 heteroatoms. The average Bonchev–Trinajstić information content (AvgIpc) is 3.03. The van der Waals surface area contributed by atoms with E-state index in [4.69, 9.17) is 0 Å². The second kappa shape index (κ2) is 5.80. The Morgan fingerprint density at radius 3 is 2.29 bits per heavy atom. The molecule has 5 nitrogen and oxygen atoms in total. The Morgan fingerprint density at radius 2 is 1.67 bits per heavy atom. The molecule has 0 aliphatic rings. The van der Waals surface area contributed by atoms with Crippen LogP contribution >= 0.6 is 0 Å². The van der Waals surface area contributed by atoms with Gasteiger partial charge in [-0.2, -0.15) is 28.6 Å². The first kappa shape index (κ1) is 15.7. The fourth-order valence-electron chi connectivity index (χ4n) is 2.20. The average molecular weight is 333 g/mol. The number of nitrogens with one attached hydrogen (secondary N) is 1. The number of aromatic hydroxyl groups is 1. The van der Waals surface area contributed by atoms with Crippen LogP contribution < -0.4 is 0 Å². The summed E-state index contributed by atoms with van der Waals surface area (Å²) < 4.78 is 37.9. The standard InChI is InChI=1S/C16H10F3N3O2/c17-16(18,19)10-7-5-9(6-8-10)13-14(21-22-20-13)15(24)11-3-1-2-4-12(11)23/h1-8,23H,(H,20,21,22). The number of H-pyrrole nitrogens is 1. The highest BCUT2D eigenvalue weighted by Crippen LogP contribution is 2.31. The number of carbonyl (C=O) groups excluding carboxylic acids is 1. The van der Waals surface area contributed by atoms with E-state index in [0.717, 1.165) is 12.1 Å². The van der Waals surface area contributed by atoms with Gasteiger partial charge in [0.15, 0.2) is 5.69 Å². The SMILES string of the molecule is O=C(c1ccccc1O)c1n[nH]nc1-c1ccc(C(F)(F)F)cc1. The van der Waals surface area contributed by atoms with Crippen LogP contribution in [0.25, 0.3) is 11.3 Å². The van der Waals surface area contributed by atoms with Crippen LogP contribution in [0.15, 0.2) is 48.5 Å². The van der Waals surface area contributed by atoms with E-state index in [1.807, 2.05) is 0 Å². The van der Waals surface area contributed by atoms with Crippen LogP contribution in [-0.2, 0) is 6.18 Å². The van der Waals surface area contributed by atoms with Crippen molar-refractivity contribution >= 4 is 5.78 Å². The summed E-state index contributed by atoms with van der Waals surface area (Å²) >= 11 is 0. The van der Waals surface area contributed by atoms with Gasteiger partial charge in [-0.3, -0.25) is 4.79 Å². The van der Waals surface area contributed by atoms with Gasteiger partial charge in [-0.25, -0.2) is 0 Å². The number of aromatic amines is 1. The van der Waals surface area contributed by atoms with Crippen LogP contribution in [0.4, 0.5) is 13.2 Å². The normalized spacial score (nSPS) is 11.5. The summed E-state index contributed by atoms with van der Waals surface area (Å²) in [5, 5.41) is 19.6. The number of phenolic OH excluding ortho intramolecular Hbond substituents is 1. The van der Waals surface area contributed by atoms with Crippen molar-refractivity contribution in [2.45, 2.75) is 6.18 Å². The van der Waals surface area contributed by atoms with Crippen molar-refractivity contribution in [1.82, 2.24) is 15.4 Å². The molecule has 3 aromatic rings. The third-order valence-corrected chi connectivity index (χ3v) is 3.40. The van der Waals surface area contributed by atoms with Crippen molar-refractivity contribution in [2.75, 3.05) is 0 Å². The van der Waals surface area contributed by atoms with Crippen LogP contribution in [-0.4, -0.2) is 26.3 Å². The Balaban J connectivity index is 1.99. The van der Waals surface area contributed by atoms with Gasteiger partial charge in [0.05, 0.1) is 11.1 Å². The smallest absolute Gasteiger partial charge is 0.416 e. The van der Waals surface area contributed by atoms with Crippen molar-refractivity contribution in [3.63, 3.8) is 0 Å². The van der Waals surface area contributed by atoms with Gasteiger partial charge in [-0.1, -0.05) is 24.3 Å². The number of halogens is 3. The van der Waals surface area contributed by atoms with Gasteiger partial charge in [-0.15, -0.1) is 0 Å². The van der Waals surface area contributed by atoms with E-state index >= 15 is 0 Å². The highest BCUT2D eigenvalue weighted by molar-refractivity contribution is 6.12. The number of hydrogen-bond donors (Lipinski definition) is 2. The number of para-hydroxylation sites is 1. The molecule has 0 saturated carbocycles. The van der Waals surface area contributed by atoms with Gasteiger partial charge < -0.3 is 5.11 Å². The van der Waals surface area contributed by atoms with E-state index < -0.39 is 17.5 Å². The lowest BCUT2D eigenvalue weighted by Gasteiger charge is -2.07. The number of alkyl halides is 3. The monoisotopic (exact) mass is 333 g/mol. The zero-order chi connectivity index (χ0) is 17.3. The number of aromatic nitrogens is 3. The van der Waals surface area contributed by atoms with Crippen LogP contribution in [0.3, 0.4) is 0 Å². The molecular weight excluding hydrogens is 323 g/mol. The van der Waals surface area contributed by atoms with Crippen LogP contribution in [0.1, 0.15) is 21.6 Å². The minimum Gasteiger partial charge on any atom is -0.507 e. The molecule has 0 amide bonds. The summed E-state index contributed by atoms with van der Waals surface area (Å²) in [6, 6.07) is 10.1. The van der Waals surface area contributed by atoms with Crippen molar-refractivity contribution < 1.29 is 23.1 Å². The molecule has 2 N–H and O–H groups in total. The first-order valence-electron chi connectivity index (χ1n) is 6.79. The molecule has 122 valence electrons. The number of hydrogen-bond acceptors (Lipinski definition) is 4. The molecular formula is C16H10F3N3O2. The molecule has 24 heavy (non-hydrogen) atoms. The van der Waals surface area contributed by atoms with Gasteiger partial charge in [0, 0.05) is 5.56 Å². The first-order chi connectivity index (χ1) is 11.4. The number of carbonyl (C=O) groups is 1. The Kier molecular flexibility index (Phi) is 3.80. The molecule has 0 fully saturated rings. The van der Waals surface area contributed by atoms with Crippen LogP contribution in [0, 0.1) is 0 Å². The molecule has 1 heterocycles. The molecule has 2 aromatic carbocycles. The Morgan fingerprint density at radius 1 is 1.00 bits per heavy atom. The third kappa shape index (κ3) is 2.85. The van der Waals surface area contributed by atoms with Crippen molar-refractivity contribution in [1.29, 1.82) is 0 Å². The molecule has 0 aliphatic heterocycles. The summed E-state index contributed by atoms with van der Waals surface area (Å²) in [6.07, 6.45) is -4.45. The summed E-state index contributed by atoms with van der Waals surface area (Å²) in [5.41, 5.74) is -0.452. The number of nitrogens with zero attached hydrogens (tertiary/aromatic N) is 2. The number of benzene rings is 2. The fourth-order valence-corrected chi connectivity index (χ4v) is 2.20. The van der Waals surface area contributed by atoms with E-state index in [9.17, 15) is 23.1 Å². The van der Waals surface area contributed by atoms with E-state index in [1.54, 1.807) is 12.1 Å². The zero-order valence-corrected chi connectivity index (χ0v) is 12.0. The molecule has 0 radical (unpaired) electrons. The summed E-state index contributed by atoms with van der Waals surface area (Å²) in [5.74, 6) is -0.805. The number of ketones is 1. The molecule has 0 saturated heterocycles. The van der Waals surface area contributed by atoms with E-state index in [1.165, 1.54) is 24.3 Å². The van der Waals surface area contributed by atoms with E-state index in [0.29, 0.717) is 5.56 Å². The summed E-state index contributed by atoms with van der Waals surface area (Å²) in [6.45, 7) is 0. The van der Waals surface area contributed by atoms with Gasteiger partial charge in [-0.05, 0) is 24.3 Å².